The number of carbonyl (C=O) groups is 7. The van der Waals surface area contributed by atoms with Crippen LogP contribution in [0.2, 0.25) is 0 Å². The highest BCUT2D eigenvalue weighted by Gasteiger charge is 2.47. The first-order chi connectivity index (χ1) is 41.1. The van der Waals surface area contributed by atoms with E-state index in [-0.39, 0.29) is 72.1 Å². The monoisotopic (exact) mass is 1170 g/mol. The van der Waals surface area contributed by atoms with Crippen molar-refractivity contribution in [3.8, 4) is 16.9 Å². The molecule has 3 saturated heterocycles. The summed E-state index contributed by atoms with van der Waals surface area (Å²) in [5, 5.41) is 6.00. The van der Waals surface area contributed by atoms with Gasteiger partial charge in [-0.3, -0.25) is 53.1 Å². The summed E-state index contributed by atoms with van der Waals surface area (Å²) < 4.78 is 11.6. The average molecular weight is 1170 g/mol. The summed E-state index contributed by atoms with van der Waals surface area (Å²) in [4.78, 5) is 115. The van der Waals surface area contributed by atoms with Gasteiger partial charge in [0.25, 0.3) is 29.2 Å². The number of ether oxygens (including phenoxy) is 2. The molecule has 5 heterocycles. The van der Waals surface area contributed by atoms with Gasteiger partial charge in [-0.2, -0.15) is 0 Å². The van der Waals surface area contributed by atoms with Crippen LogP contribution in [0.4, 0.5) is 5.69 Å². The van der Waals surface area contributed by atoms with Crippen molar-refractivity contribution in [2.24, 2.45) is 0 Å². The number of nitrogens with one attached hydrogen (secondary N) is 3. The molecule has 4 aliphatic rings. The minimum Gasteiger partial charge on any atom is -0.493 e. The summed E-state index contributed by atoms with van der Waals surface area (Å²) in [5.41, 5.74) is 8.06. The first kappa shape index (κ1) is 63.8. The number of aromatic amines is 1. The van der Waals surface area contributed by atoms with E-state index in [9.17, 15) is 38.4 Å². The lowest BCUT2D eigenvalue weighted by atomic mass is 9.94. The number of piperidine rings is 1. The molecule has 0 saturated carbocycles. The Morgan fingerprint density at radius 2 is 1.39 bits per heavy atom. The molecular formula is C67H90N8O10. The van der Waals surface area contributed by atoms with Crippen molar-refractivity contribution in [1.29, 1.82) is 0 Å². The smallest absolute Gasteiger partial charge is 0.266 e. The Kier molecular flexibility index (Phi) is 23.5. The Morgan fingerprint density at radius 1 is 0.729 bits per heavy atom. The molecule has 3 N–H and O–H groups in total. The number of amides is 7. The maximum Gasteiger partial charge on any atom is 0.266 e. The molecule has 7 amide bonds. The molecule has 4 aliphatic heterocycles. The Hall–Kier alpha value is -7.18. The fraction of sp³-hybridized carbons (Fsp3) is 0.552. The standard InChI is InChI=1S/C67H90N8O10/c1-6-74(52-31-39-84-40-32-52)57-43-51(42-54(48(57)4)63(79)69-44-55-46(2)41-47(3)70-64(55)80)50-27-25-49(26-28-50)45-72-34-36-73(37-35-72)61(78)24-18-16-14-12-10-8-7-9-11-13-15-17-23-59(76)68-33-20-38-85-58-22-19-21-53-62(58)67(83)75(65(53)81)56-29-30-60(77)71(5)66(56)82/h19,21-22,25-28,41-43,52,56H,6-18,20,23-24,29-40,44-45H2,1-5H3,(H,68,76)(H,69,79)(H,70,80). The van der Waals surface area contributed by atoms with Gasteiger partial charge in [-0.25, -0.2) is 0 Å². The van der Waals surface area contributed by atoms with E-state index in [2.05, 4.69) is 62.7 Å². The van der Waals surface area contributed by atoms with E-state index in [1.54, 1.807) is 12.1 Å². The third kappa shape index (κ3) is 16.8. The molecule has 18 nitrogen and oxygen atoms in total. The van der Waals surface area contributed by atoms with Gasteiger partial charge in [0.2, 0.25) is 17.7 Å². The molecule has 85 heavy (non-hydrogen) atoms. The Bertz CT molecular complexity index is 3050. The molecule has 0 aliphatic carbocycles. The van der Waals surface area contributed by atoms with Crippen LogP contribution in [0.25, 0.3) is 11.1 Å². The van der Waals surface area contributed by atoms with E-state index in [0.29, 0.717) is 43.0 Å². The number of nitrogens with zero attached hydrogens (tertiary/aromatic N) is 5. The number of aromatic nitrogens is 1. The molecule has 0 spiro atoms. The van der Waals surface area contributed by atoms with Crippen molar-refractivity contribution < 1.29 is 43.0 Å². The Balaban J connectivity index is 0.649. The number of anilines is 1. The van der Waals surface area contributed by atoms with Crippen molar-refractivity contribution in [2.45, 2.75) is 175 Å². The predicted octanol–water partition coefficient (Wildman–Crippen LogP) is 9.34. The predicted molar refractivity (Wildman–Crippen MR) is 329 cm³/mol. The van der Waals surface area contributed by atoms with Crippen molar-refractivity contribution in [3.05, 3.63) is 116 Å². The third-order valence-electron chi connectivity index (χ3n) is 17.5. The lowest BCUT2D eigenvalue weighted by Crippen LogP contribution is -2.54. The second kappa shape index (κ2) is 31.3. The molecular weight excluding hydrogens is 1080 g/mol. The summed E-state index contributed by atoms with van der Waals surface area (Å²) in [6.45, 7) is 14.9. The number of hydrogen-bond acceptors (Lipinski definition) is 12. The maximum absolute atomic E-state index is 14.0. The molecule has 458 valence electrons. The molecule has 3 aromatic carbocycles. The molecule has 1 unspecified atom stereocenters. The summed E-state index contributed by atoms with van der Waals surface area (Å²) in [7, 11) is 1.36. The van der Waals surface area contributed by atoms with Crippen LogP contribution in [-0.2, 0) is 37.0 Å². The highest BCUT2D eigenvalue weighted by Crippen LogP contribution is 2.36. The summed E-state index contributed by atoms with van der Waals surface area (Å²) in [5.74, 6) is -1.77. The number of imide groups is 2. The van der Waals surface area contributed by atoms with Crippen LogP contribution < -0.4 is 25.8 Å². The third-order valence-corrected chi connectivity index (χ3v) is 17.5. The second-order valence-electron chi connectivity index (χ2n) is 23.6. The lowest BCUT2D eigenvalue weighted by molar-refractivity contribution is -0.149. The minimum absolute atomic E-state index is 0.00312. The van der Waals surface area contributed by atoms with Crippen molar-refractivity contribution in [1.82, 2.24) is 35.2 Å². The van der Waals surface area contributed by atoms with Crippen molar-refractivity contribution in [3.63, 3.8) is 0 Å². The van der Waals surface area contributed by atoms with E-state index in [1.165, 1.54) is 57.2 Å². The highest BCUT2D eigenvalue weighted by atomic mass is 16.5. The zero-order valence-electron chi connectivity index (χ0n) is 51.0. The molecule has 1 aromatic heterocycles. The van der Waals surface area contributed by atoms with Crippen LogP contribution in [0.15, 0.2) is 65.5 Å². The van der Waals surface area contributed by atoms with E-state index in [1.807, 2.05) is 37.8 Å². The van der Waals surface area contributed by atoms with Crippen LogP contribution in [0.3, 0.4) is 0 Å². The number of aryl methyl sites for hydroxylation is 2. The van der Waals surface area contributed by atoms with Crippen LogP contribution in [0.1, 0.15) is 188 Å². The SMILES string of the molecule is CCN(c1cc(-c2ccc(CN3CCN(C(=O)CCCCCCCCCCCCCCC(=O)NCCCOc4cccc5c4C(=O)N(C4CCC(=O)N(C)C4=O)C5=O)CC3)cc2)cc(C(=O)NCc2c(C)cc(C)[nH]c2=O)c1C)C1CCOCC1. The number of piperazine rings is 1. The lowest BCUT2D eigenvalue weighted by Gasteiger charge is -2.37. The number of likely N-dealkylation sites (N-methyl/N-ethyl adjacent to an activating group) is 1. The topological polar surface area (TPSA) is 211 Å². The fourth-order valence-electron chi connectivity index (χ4n) is 12.5. The maximum atomic E-state index is 14.0. The molecule has 3 fully saturated rings. The van der Waals surface area contributed by atoms with E-state index < -0.39 is 23.8 Å². The Labute approximate surface area is 501 Å². The number of likely N-dealkylation sites (tertiary alicyclic amines) is 1. The van der Waals surface area contributed by atoms with Crippen molar-refractivity contribution in [2.75, 3.05) is 71.0 Å². The molecule has 1 atom stereocenters. The zero-order valence-corrected chi connectivity index (χ0v) is 51.0. The quantitative estimate of drug-likeness (QED) is 0.0329. The van der Waals surface area contributed by atoms with E-state index in [0.717, 1.165) is 147 Å². The molecule has 8 rings (SSSR count). The van der Waals surface area contributed by atoms with Gasteiger partial charge in [0.1, 0.15) is 11.8 Å². The highest BCUT2D eigenvalue weighted by molar-refractivity contribution is 6.24. The van der Waals surface area contributed by atoms with E-state index in [4.69, 9.17) is 9.47 Å². The summed E-state index contributed by atoms with van der Waals surface area (Å²) in [6, 6.07) is 18.8. The average Bonchev–Trinajstić information content (AvgIpc) is 3.03. The van der Waals surface area contributed by atoms with Gasteiger partial charge in [0.15, 0.2) is 0 Å². The second-order valence-corrected chi connectivity index (χ2v) is 23.6. The van der Waals surface area contributed by atoms with Crippen LogP contribution in [0, 0.1) is 20.8 Å². The van der Waals surface area contributed by atoms with E-state index >= 15 is 0 Å². The molecule has 0 bridgehead atoms. The van der Waals surface area contributed by atoms with Gasteiger partial charge in [0, 0.05) is 120 Å². The van der Waals surface area contributed by atoms with Gasteiger partial charge < -0.3 is 34.9 Å². The van der Waals surface area contributed by atoms with Gasteiger partial charge in [-0.05, 0) is 124 Å². The summed E-state index contributed by atoms with van der Waals surface area (Å²) >= 11 is 0. The number of pyridine rings is 1. The first-order valence-corrected chi connectivity index (χ1v) is 31.4. The zero-order chi connectivity index (χ0) is 60.4. The van der Waals surface area contributed by atoms with Gasteiger partial charge in [-0.1, -0.05) is 94.5 Å². The largest absolute Gasteiger partial charge is 0.493 e. The normalized spacial score (nSPS) is 16.7. The van der Waals surface area contributed by atoms with Gasteiger partial charge in [0.05, 0.1) is 17.7 Å². The van der Waals surface area contributed by atoms with Crippen LogP contribution >= 0.6 is 0 Å². The number of benzene rings is 3. The molecule has 0 radical (unpaired) electrons. The number of rotatable bonds is 30. The number of hydrogen-bond donors (Lipinski definition) is 3. The van der Waals surface area contributed by atoms with Crippen LogP contribution in [0.5, 0.6) is 5.75 Å². The number of unbranched alkanes of at least 4 members (excludes halogenated alkanes) is 11. The Morgan fingerprint density at radius 3 is 2.05 bits per heavy atom. The fourth-order valence-corrected chi connectivity index (χ4v) is 12.5. The molecule has 4 aromatic rings. The van der Waals surface area contributed by atoms with Crippen LogP contribution in [-0.4, -0.2) is 144 Å². The van der Waals surface area contributed by atoms with Gasteiger partial charge >= 0.3 is 0 Å². The number of fused-ring (bicyclic) bond motifs is 1. The number of H-pyrrole nitrogens is 1. The van der Waals surface area contributed by atoms with Gasteiger partial charge in [-0.15, -0.1) is 0 Å². The summed E-state index contributed by atoms with van der Waals surface area (Å²) in [6.07, 6.45) is 17.0. The molecule has 18 heteroatoms. The van der Waals surface area contributed by atoms with Crippen molar-refractivity contribution >= 4 is 47.0 Å². The first-order valence-electron chi connectivity index (χ1n) is 31.4. The number of carbonyl (C=O) groups excluding carboxylic acids is 7. The minimum atomic E-state index is -1.03.